The Bertz CT molecular complexity index is 1150. The summed E-state index contributed by atoms with van der Waals surface area (Å²) in [5.74, 6) is 1.13. The van der Waals surface area contributed by atoms with Crippen molar-refractivity contribution in [2.24, 2.45) is 0 Å². The minimum atomic E-state index is -3.75. The first-order valence-electron chi connectivity index (χ1n) is 9.27. The van der Waals surface area contributed by atoms with Crippen molar-refractivity contribution in [1.29, 1.82) is 0 Å². The first kappa shape index (κ1) is 21.4. The lowest BCUT2D eigenvalue weighted by molar-refractivity contribution is 0.271. The van der Waals surface area contributed by atoms with Crippen LogP contribution >= 0.6 is 11.3 Å². The molecule has 1 unspecified atom stereocenters. The summed E-state index contributed by atoms with van der Waals surface area (Å²) < 4.78 is 41.4. The summed E-state index contributed by atoms with van der Waals surface area (Å²) in [7, 11) is -2.20. The van der Waals surface area contributed by atoms with Gasteiger partial charge in [-0.25, -0.2) is 13.1 Å². The van der Waals surface area contributed by atoms with Gasteiger partial charge in [-0.05, 0) is 43.7 Å². The van der Waals surface area contributed by atoms with Crippen LogP contribution in [0.5, 0.6) is 11.5 Å². The summed E-state index contributed by atoms with van der Waals surface area (Å²) in [6, 6.07) is 11.5. The number of sulfonamides is 1. The van der Waals surface area contributed by atoms with E-state index in [-0.39, 0.29) is 16.4 Å². The first-order chi connectivity index (χ1) is 13.9. The number of benzene rings is 2. The van der Waals surface area contributed by atoms with Gasteiger partial charge in [0, 0.05) is 6.54 Å². The number of nitrogens with zero attached hydrogens (tertiary/aromatic N) is 1. The molecular formula is C20H24N2O5S2. The highest BCUT2D eigenvalue weighted by molar-refractivity contribution is 7.89. The number of nitrogens with one attached hydrogen (secondary N) is 1. The molecule has 9 heteroatoms. The van der Waals surface area contributed by atoms with E-state index in [1.165, 1.54) is 6.07 Å². The third-order valence-electron chi connectivity index (χ3n) is 4.31. The largest absolute Gasteiger partial charge is 0.493 e. The minimum absolute atomic E-state index is 0.0806. The fraction of sp³-hybridized carbons (Fsp3) is 0.350. The molecule has 2 aromatic carbocycles. The highest BCUT2D eigenvalue weighted by atomic mass is 32.2. The maximum absolute atomic E-state index is 12.8. The quantitative estimate of drug-likeness (QED) is 0.557. The lowest BCUT2D eigenvalue weighted by Gasteiger charge is -2.16. The number of fused-ring (bicyclic) bond motifs is 1. The number of hydrogen-bond acceptors (Lipinski definition) is 6. The molecule has 0 aliphatic carbocycles. The Labute approximate surface area is 173 Å². The molecule has 0 bridgehead atoms. The third-order valence-corrected chi connectivity index (χ3v) is 6.84. The highest BCUT2D eigenvalue weighted by Crippen LogP contribution is 2.26. The lowest BCUT2D eigenvalue weighted by Crippen LogP contribution is -2.36. The van der Waals surface area contributed by atoms with Crippen molar-refractivity contribution in [2.75, 3.05) is 13.7 Å². The predicted octanol–water partition coefficient (Wildman–Crippen LogP) is 3.23. The maximum atomic E-state index is 12.8. The monoisotopic (exact) mass is 436 g/mol. The molecular weight excluding hydrogens is 412 g/mol. The Morgan fingerprint density at radius 2 is 1.90 bits per heavy atom. The average molecular weight is 437 g/mol. The molecule has 1 atom stereocenters. The van der Waals surface area contributed by atoms with Crippen molar-refractivity contribution in [1.82, 2.24) is 9.29 Å². The Morgan fingerprint density at radius 3 is 2.59 bits per heavy atom. The number of thiazole rings is 1. The number of methoxy groups -OCH3 is 1. The van der Waals surface area contributed by atoms with Crippen molar-refractivity contribution >= 4 is 31.6 Å². The number of aryl methyl sites for hydroxylation is 1. The van der Waals surface area contributed by atoms with Crippen LogP contribution in [0, 0.1) is 0 Å². The van der Waals surface area contributed by atoms with Crippen LogP contribution in [0.4, 0.5) is 0 Å². The summed E-state index contributed by atoms with van der Waals surface area (Å²) >= 11 is 1.06. The third kappa shape index (κ3) is 4.80. The number of rotatable bonds is 9. The van der Waals surface area contributed by atoms with Crippen LogP contribution in [0.2, 0.25) is 0 Å². The van der Waals surface area contributed by atoms with Gasteiger partial charge in [0.05, 0.1) is 28.3 Å². The molecule has 29 heavy (non-hydrogen) atoms. The number of ether oxygens (including phenoxy) is 2. The van der Waals surface area contributed by atoms with Gasteiger partial charge >= 0.3 is 4.87 Å². The average Bonchev–Trinajstić information content (AvgIpc) is 3.01. The molecule has 0 saturated heterocycles. The topological polar surface area (TPSA) is 86.6 Å². The van der Waals surface area contributed by atoms with Crippen LogP contribution in [0.25, 0.3) is 10.2 Å². The summed E-state index contributed by atoms with van der Waals surface area (Å²) in [4.78, 5) is 12.2. The van der Waals surface area contributed by atoms with Gasteiger partial charge in [0.25, 0.3) is 0 Å². The summed E-state index contributed by atoms with van der Waals surface area (Å²) in [6.07, 6.45) is 0.830. The lowest BCUT2D eigenvalue weighted by atomic mass is 10.3. The SMILES string of the molecule is CCCn1c(=O)sc2cc(S(=O)(=O)NC(C)COc3ccccc3OC)ccc21. The van der Waals surface area contributed by atoms with Crippen LogP contribution in [-0.4, -0.2) is 32.7 Å². The van der Waals surface area contributed by atoms with E-state index in [0.717, 1.165) is 23.3 Å². The van der Waals surface area contributed by atoms with Gasteiger partial charge in [0.1, 0.15) is 6.61 Å². The molecule has 1 N–H and O–H groups in total. The van der Waals surface area contributed by atoms with Crippen LogP contribution in [-0.2, 0) is 16.6 Å². The second-order valence-corrected chi connectivity index (χ2v) is 9.34. The van der Waals surface area contributed by atoms with Crippen LogP contribution in [0.1, 0.15) is 20.3 Å². The van der Waals surface area contributed by atoms with Crippen molar-refractivity contribution in [3.63, 3.8) is 0 Å². The zero-order chi connectivity index (χ0) is 21.0. The van der Waals surface area contributed by atoms with E-state index >= 15 is 0 Å². The van der Waals surface area contributed by atoms with Gasteiger partial charge in [-0.15, -0.1) is 0 Å². The highest BCUT2D eigenvalue weighted by Gasteiger charge is 2.20. The molecule has 3 rings (SSSR count). The van der Waals surface area contributed by atoms with E-state index in [0.29, 0.717) is 22.7 Å². The molecule has 0 amide bonds. The van der Waals surface area contributed by atoms with Crippen LogP contribution in [0.15, 0.2) is 52.2 Å². The van der Waals surface area contributed by atoms with Crippen LogP contribution < -0.4 is 19.1 Å². The van der Waals surface area contributed by atoms with Gasteiger partial charge in [-0.2, -0.15) is 0 Å². The predicted molar refractivity (Wildman–Crippen MR) is 115 cm³/mol. The summed E-state index contributed by atoms with van der Waals surface area (Å²) in [5.41, 5.74) is 0.758. The molecule has 0 saturated carbocycles. The van der Waals surface area contributed by atoms with E-state index in [2.05, 4.69) is 4.72 Å². The van der Waals surface area contributed by atoms with Crippen molar-refractivity contribution < 1.29 is 17.9 Å². The van der Waals surface area contributed by atoms with E-state index in [4.69, 9.17) is 9.47 Å². The molecule has 156 valence electrons. The second kappa shape index (κ2) is 8.98. The zero-order valence-corrected chi connectivity index (χ0v) is 18.2. The Morgan fingerprint density at radius 1 is 1.17 bits per heavy atom. The second-order valence-electron chi connectivity index (χ2n) is 6.63. The Hall–Kier alpha value is -2.36. The summed E-state index contributed by atoms with van der Waals surface area (Å²) in [6.45, 7) is 4.47. The smallest absolute Gasteiger partial charge is 0.308 e. The summed E-state index contributed by atoms with van der Waals surface area (Å²) in [5, 5.41) is 0. The molecule has 0 radical (unpaired) electrons. The van der Waals surface area contributed by atoms with E-state index in [9.17, 15) is 13.2 Å². The number of hydrogen-bond donors (Lipinski definition) is 1. The minimum Gasteiger partial charge on any atom is -0.493 e. The molecule has 0 aliphatic heterocycles. The fourth-order valence-corrected chi connectivity index (χ4v) is 5.25. The van der Waals surface area contributed by atoms with E-state index < -0.39 is 16.1 Å². The first-order valence-corrected chi connectivity index (χ1v) is 11.6. The number of aromatic nitrogens is 1. The van der Waals surface area contributed by atoms with Gasteiger partial charge in [-0.3, -0.25) is 9.36 Å². The van der Waals surface area contributed by atoms with Crippen molar-refractivity contribution in [2.45, 2.75) is 37.8 Å². The van der Waals surface area contributed by atoms with E-state index in [1.54, 1.807) is 42.9 Å². The zero-order valence-electron chi connectivity index (χ0n) is 16.5. The van der Waals surface area contributed by atoms with Gasteiger partial charge in [0.2, 0.25) is 10.0 Å². The molecule has 3 aromatic rings. The van der Waals surface area contributed by atoms with Gasteiger partial charge in [0.15, 0.2) is 11.5 Å². The Balaban J connectivity index is 1.74. The molecule has 1 aromatic heterocycles. The number of para-hydroxylation sites is 2. The van der Waals surface area contributed by atoms with E-state index in [1.807, 2.05) is 19.1 Å². The fourth-order valence-electron chi connectivity index (χ4n) is 2.97. The molecule has 1 heterocycles. The molecule has 0 aliphatic rings. The standard InChI is InChI=1S/C20H24N2O5S2/c1-4-11-22-16-10-9-15(12-19(16)28-20(22)23)29(24,25)21-14(2)13-27-18-8-6-5-7-17(18)26-3/h5-10,12,14,21H,4,11,13H2,1-3H3. The molecule has 0 spiro atoms. The van der Waals surface area contributed by atoms with Crippen molar-refractivity contribution in [3.8, 4) is 11.5 Å². The van der Waals surface area contributed by atoms with Gasteiger partial charge in [-0.1, -0.05) is 30.4 Å². The normalized spacial score (nSPS) is 12.8. The van der Waals surface area contributed by atoms with Crippen LogP contribution in [0.3, 0.4) is 0 Å². The van der Waals surface area contributed by atoms with Crippen molar-refractivity contribution in [3.05, 3.63) is 52.1 Å². The molecule has 0 fully saturated rings. The van der Waals surface area contributed by atoms with Gasteiger partial charge < -0.3 is 9.47 Å². The maximum Gasteiger partial charge on any atom is 0.308 e. The Kier molecular flexibility index (Phi) is 6.61. The molecule has 7 nitrogen and oxygen atoms in total.